The summed E-state index contributed by atoms with van der Waals surface area (Å²) in [6.45, 7) is 6.50. The van der Waals surface area contributed by atoms with Gasteiger partial charge in [-0.1, -0.05) is 117 Å². The zero-order valence-corrected chi connectivity index (χ0v) is 23.5. The van der Waals surface area contributed by atoms with Crippen molar-refractivity contribution in [2.45, 2.75) is 147 Å². The molecule has 0 amide bonds. The predicted molar refractivity (Wildman–Crippen MR) is 137 cm³/mol. The van der Waals surface area contributed by atoms with E-state index in [1.807, 2.05) is 0 Å². The number of hydroxylamine groups is 3. The highest BCUT2D eigenvalue weighted by Crippen LogP contribution is 2.39. The van der Waals surface area contributed by atoms with E-state index >= 15 is 0 Å². The molecular weight excluding hydrogens is 416 g/mol. The number of hydrogen-bond donors (Lipinski definition) is 1. The van der Waals surface area contributed by atoms with Crippen molar-refractivity contribution in [2.75, 3.05) is 21.3 Å². The van der Waals surface area contributed by atoms with Crippen LogP contribution in [0.3, 0.4) is 0 Å². The number of rotatable bonds is 23. The summed E-state index contributed by atoms with van der Waals surface area (Å²) in [4.78, 5) is 16.3. The number of nitrogens with zero attached hydrogens (tertiary/aromatic N) is 1. The van der Waals surface area contributed by atoms with Crippen LogP contribution < -0.4 is 5.73 Å². The smallest absolute Gasteiger partial charge is 0.247 e. The van der Waals surface area contributed by atoms with Crippen molar-refractivity contribution in [3.63, 3.8) is 0 Å². The van der Waals surface area contributed by atoms with Crippen LogP contribution in [0.2, 0.25) is 5.04 Å². The van der Waals surface area contributed by atoms with E-state index in [0.717, 1.165) is 12.8 Å². The fraction of sp³-hybridized carbons (Fsp3) is 1.00. The predicted octanol–water partition coefficient (Wildman–Crippen LogP) is 7.55. The summed E-state index contributed by atoms with van der Waals surface area (Å²) >= 11 is 0. The maximum absolute atomic E-state index is 6.82. The van der Waals surface area contributed by atoms with Crippen molar-refractivity contribution in [3.05, 3.63) is 0 Å². The molecule has 0 aliphatic rings. The van der Waals surface area contributed by atoms with Gasteiger partial charge in [0.2, 0.25) is 5.66 Å². The highest BCUT2D eigenvalue weighted by molar-refractivity contribution is 6.14. The van der Waals surface area contributed by atoms with Crippen LogP contribution in [-0.2, 0) is 14.5 Å². The minimum Gasteiger partial charge on any atom is -0.271 e. The van der Waals surface area contributed by atoms with Crippen LogP contribution in [0, 0.1) is 0 Å². The summed E-state index contributed by atoms with van der Waals surface area (Å²) in [5, 5.41) is -0.150. The molecule has 0 aliphatic carbocycles. The van der Waals surface area contributed by atoms with Gasteiger partial charge in [-0.25, -0.2) is 0 Å². The molecular formula is C26H56N2O3Si+. The summed E-state index contributed by atoms with van der Waals surface area (Å²) < 4.78 is 0. The van der Waals surface area contributed by atoms with Gasteiger partial charge < -0.3 is 0 Å². The maximum atomic E-state index is 6.82. The van der Waals surface area contributed by atoms with E-state index in [1.165, 1.54) is 96.3 Å². The van der Waals surface area contributed by atoms with Gasteiger partial charge in [-0.2, -0.15) is 0 Å². The standard InChI is InChI=1S/C26H56N2O3Si/c1-7-8-9-10-11-12-13-14-15-16-17-18-19-20-21-22-23-26(27,24-25(2,3)32)28(29-4,30-5)31-6/h7-24,27H2,1-6H3/q+1. The van der Waals surface area contributed by atoms with E-state index in [-0.39, 0.29) is 5.04 Å². The molecule has 191 valence electrons. The molecule has 0 heterocycles. The Morgan fingerprint density at radius 1 is 0.625 bits per heavy atom. The fourth-order valence-corrected chi connectivity index (χ4v) is 5.14. The van der Waals surface area contributed by atoms with E-state index in [9.17, 15) is 0 Å². The van der Waals surface area contributed by atoms with Gasteiger partial charge in [-0.05, 0) is 11.5 Å². The van der Waals surface area contributed by atoms with Crippen molar-refractivity contribution < 1.29 is 19.5 Å². The van der Waals surface area contributed by atoms with Crippen LogP contribution in [-0.4, -0.2) is 42.2 Å². The molecule has 3 radical (unpaired) electrons. The van der Waals surface area contributed by atoms with Crippen molar-refractivity contribution in [1.82, 2.24) is 0 Å². The van der Waals surface area contributed by atoms with Gasteiger partial charge in [-0.15, -0.1) is 14.5 Å². The lowest BCUT2D eigenvalue weighted by atomic mass is 9.91. The van der Waals surface area contributed by atoms with Crippen molar-refractivity contribution in [1.29, 1.82) is 0 Å². The van der Waals surface area contributed by atoms with Crippen molar-refractivity contribution in [3.8, 4) is 0 Å². The molecule has 0 aromatic heterocycles. The number of quaternary nitrogens is 1. The van der Waals surface area contributed by atoms with Crippen molar-refractivity contribution >= 4 is 10.2 Å². The second-order valence-corrected chi connectivity index (χ2v) is 11.6. The molecule has 1 unspecified atom stereocenters. The molecule has 0 aliphatic heterocycles. The van der Waals surface area contributed by atoms with Gasteiger partial charge in [0.1, 0.15) is 26.3 Å². The third-order valence-corrected chi connectivity index (χ3v) is 6.65. The highest BCUT2D eigenvalue weighted by atomic mass is 28.1. The van der Waals surface area contributed by atoms with E-state index in [0.29, 0.717) is 6.42 Å². The van der Waals surface area contributed by atoms with Gasteiger partial charge in [0.05, 0.1) is 0 Å². The number of unbranched alkanes of at least 4 members (excludes halogenated alkanes) is 15. The molecule has 0 rings (SSSR count). The summed E-state index contributed by atoms with van der Waals surface area (Å²) in [6.07, 6.45) is 23.1. The summed E-state index contributed by atoms with van der Waals surface area (Å²) in [5.41, 5.74) is 6.03. The Balaban J connectivity index is 3.95. The Bertz CT molecular complexity index is 420. The van der Waals surface area contributed by atoms with E-state index in [2.05, 4.69) is 31.0 Å². The van der Waals surface area contributed by atoms with Crippen LogP contribution in [0.25, 0.3) is 0 Å². The topological polar surface area (TPSA) is 53.7 Å². The molecule has 6 heteroatoms. The quantitative estimate of drug-likeness (QED) is 0.0548. The molecule has 5 nitrogen and oxygen atoms in total. The molecule has 32 heavy (non-hydrogen) atoms. The molecule has 0 spiro atoms. The fourth-order valence-electron chi connectivity index (χ4n) is 4.84. The average molecular weight is 473 g/mol. The van der Waals surface area contributed by atoms with Gasteiger partial charge in [-0.3, -0.25) is 5.73 Å². The Morgan fingerprint density at radius 3 is 1.22 bits per heavy atom. The van der Waals surface area contributed by atoms with E-state index in [4.69, 9.17) is 20.2 Å². The van der Waals surface area contributed by atoms with Crippen LogP contribution >= 0.6 is 0 Å². The van der Waals surface area contributed by atoms with Gasteiger partial charge in [0.25, 0.3) is 0 Å². The van der Waals surface area contributed by atoms with E-state index < -0.39 is 10.6 Å². The summed E-state index contributed by atoms with van der Waals surface area (Å²) in [5.74, 6) is 0. The lowest BCUT2D eigenvalue weighted by Crippen LogP contribution is -2.68. The first kappa shape index (κ1) is 32.0. The summed E-state index contributed by atoms with van der Waals surface area (Å²) in [7, 11) is 8.50. The molecule has 0 saturated carbocycles. The number of hydrogen-bond acceptors (Lipinski definition) is 4. The SMILES string of the molecule is CCCCCCCCCCCCCCCCCCC(N)(CC(C)(C)[Si])[N+](OC)(OC)OC. The highest BCUT2D eigenvalue weighted by Gasteiger charge is 2.55. The first-order valence-corrected chi connectivity index (χ1v) is 13.8. The van der Waals surface area contributed by atoms with Crippen LogP contribution in [0.1, 0.15) is 136 Å². The van der Waals surface area contributed by atoms with Crippen LogP contribution in [0.15, 0.2) is 0 Å². The zero-order valence-electron chi connectivity index (χ0n) is 22.5. The third-order valence-electron chi connectivity index (χ3n) is 6.48. The minimum atomic E-state index is -0.792. The molecule has 0 aromatic rings. The second-order valence-electron chi connectivity index (χ2n) is 10.3. The molecule has 0 saturated heterocycles. The molecule has 1 atom stereocenters. The largest absolute Gasteiger partial charge is 0.271 e. The van der Waals surface area contributed by atoms with Gasteiger partial charge in [0, 0.05) is 23.1 Å². The second kappa shape index (κ2) is 18.4. The Morgan fingerprint density at radius 2 is 0.938 bits per heavy atom. The van der Waals surface area contributed by atoms with Gasteiger partial charge >= 0.3 is 0 Å². The molecule has 0 fully saturated rings. The number of nitrogens with two attached hydrogens (primary N) is 1. The molecule has 2 N–H and O–H groups in total. The minimum absolute atomic E-state index is 0.150. The third kappa shape index (κ3) is 13.7. The van der Waals surface area contributed by atoms with Crippen LogP contribution in [0.5, 0.6) is 0 Å². The first-order valence-electron chi connectivity index (χ1n) is 13.3. The average Bonchev–Trinajstić information content (AvgIpc) is 2.73. The maximum Gasteiger partial charge on any atom is 0.247 e. The lowest BCUT2D eigenvalue weighted by molar-refractivity contribution is -1.39. The molecule has 0 aromatic carbocycles. The Labute approximate surface area is 204 Å². The zero-order chi connectivity index (χ0) is 24.3. The van der Waals surface area contributed by atoms with E-state index in [1.54, 1.807) is 21.3 Å². The Kier molecular flexibility index (Phi) is 18.4. The molecule has 0 bridgehead atoms. The van der Waals surface area contributed by atoms with Crippen LogP contribution in [0.4, 0.5) is 0 Å². The van der Waals surface area contributed by atoms with Crippen molar-refractivity contribution in [2.24, 2.45) is 5.73 Å². The first-order chi connectivity index (χ1) is 15.2. The van der Waals surface area contributed by atoms with Gasteiger partial charge in [0.15, 0.2) is 0 Å². The lowest BCUT2D eigenvalue weighted by Gasteiger charge is -2.42. The summed E-state index contributed by atoms with van der Waals surface area (Å²) in [6, 6.07) is 0. The monoisotopic (exact) mass is 472 g/mol. The normalized spacial score (nSPS) is 14.6. The Hall–Kier alpha value is 0.0169.